The maximum absolute atomic E-state index is 13.2. The van der Waals surface area contributed by atoms with Crippen LogP contribution in [-0.2, 0) is 0 Å². The third-order valence-electron chi connectivity index (χ3n) is 2.01. The number of hydrogen-bond acceptors (Lipinski definition) is 3. The molecule has 0 aliphatic rings. The van der Waals surface area contributed by atoms with E-state index in [9.17, 15) is 14.0 Å². The van der Waals surface area contributed by atoms with E-state index >= 15 is 0 Å². The van der Waals surface area contributed by atoms with Crippen molar-refractivity contribution in [3.05, 3.63) is 38.8 Å². The Morgan fingerprint density at radius 1 is 1.27 bits per heavy atom. The monoisotopic (exact) mass is 210 g/mol. The van der Waals surface area contributed by atoms with Gasteiger partial charge in [0.1, 0.15) is 0 Å². The van der Waals surface area contributed by atoms with Gasteiger partial charge in [0, 0.05) is 6.07 Å². The molecule has 0 bridgehead atoms. The molecule has 1 heterocycles. The van der Waals surface area contributed by atoms with E-state index in [0.29, 0.717) is 0 Å². The summed E-state index contributed by atoms with van der Waals surface area (Å²) in [7, 11) is 1.30. The Balaban J connectivity index is 2.93. The summed E-state index contributed by atoms with van der Waals surface area (Å²) in [6.07, 6.45) is 0. The first-order valence-corrected chi connectivity index (χ1v) is 4.11. The van der Waals surface area contributed by atoms with Crippen molar-refractivity contribution in [2.75, 3.05) is 7.11 Å². The highest BCUT2D eigenvalue weighted by Gasteiger charge is 2.07. The molecule has 15 heavy (non-hydrogen) atoms. The maximum atomic E-state index is 13.2. The summed E-state index contributed by atoms with van der Waals surface area (Å²) in [4.78, 5) is 26.6. The minimum atomic E-state index is -0.650. The van der Waals surface area contributed by atoms with Crippen LogP contribution in [0.1, 0.15) is 0 Å². The molecule has 0 radical (unpaired) electrons. The number of H-pyrrole nitrogens is 2. The molecule has 1 aromatic heterocycles. The Bertz CT molecular complexity index is 629. The second-order valence-electron chi connectivity index (χ2n) is 2.94. The minimum absolute atomic E-state index is 0.0243. The summed E-state index contributed by atoms with van der Waals surface area (Å²) in [6.45, 7) is 0. The van der Waals surface area contributed by atoms with Gasteiger partial charge in [0.15, 0.2) is 11.6 Å². The lowest BCUT2D eigenvalue weighted by Crippen LogP contribution is -2.21. The third-order valence-corrected chi connectivity index (χ3v) is 2.01. The lowest BCUT2D eigenvalue weighted by atomic mass is 10.2. The van der Waals surface area contributed by atoms with E-state index in [4.69, 9.17) is 4.74 Å². The molecular weight excluding hydrogens is 203 g/mol. The lowest BCUT2D eigenvalue weighted by molar-refractivity contribution is 0.387. The molecule has 2 rings (SSSR count). The predicted octanol–water partition coefficient (Wildman–Crippen LogP) is 0.364. The van der Waals surface area contributed by atoms with Gasteiger partial charge in [-0.15, -0.1) is 0 Å². The molecule has 2 N–H and O–H groups in total. The molecule has 0 atom stereocenters. The first kappa shape index (κ1) is 9.45. The topological polar surface area (TPSA) is 75.0 Å². The van der Waals surface area contributed by atoms with Crippen molar-refractivity contribution in [3.8, 4) is 5.75 Å². The summed E-state index contributed by atoms with van der Waals surface area (Å²) >= 11 is 0. The standard InChI is InChI=1S/C9H7FN2O3/c1-15-7-3-6-4(2-5(7)10)8(13)12-9(14)11-6/h2-3H,1H3,(H2,11,12,13,14). The molecule has 1 aromatic carbocycles. The smallest absolute Gasteiger partial charge is 0.326 e. The van der Waals surface area contributed by atoms with Crippen molar-refractivity contribution in [3.63, 3.8) is 0 Å². The Kier molecular flexibility index (Phi) is 2.03. The Labute approximate surface area is 82.5 Å². The van der Waals surface area contributed by atoms with Gasteiger partial charge < -0.3 is 9.72 Å². The predicted molar refractivity (Wildman–Crippen MR) is 51.7 cm³/mol. The van der Waals surface area contributed by atoms with Gasteiger partial charge >= 0.3 is 5.69 Å². The molecule has 0 aliphatic carbocycles. The molecule has 2 aromatic rings. The highest BCUT2D eigenvalue weighted by molar-refractivity contribution is 5.78. The van der Waals surface area contributed by atoms with Crippen LogP contribution in [0.5, 0.6) is 5.75 Å². The first-order valence-electron chi connectivity index (χ1n) is 4.11. The summed E-state index contributed by atoms with van der Waals surface area (Å²) in [5.74, 6) is -0.675. The van der Waals surface area contributed by atoms with Gasteiger partial charge in [-0.25, -0.2) is 9.18 Å². The van der Waals surface area contributed by atoms with Crippen LogP contribution in [0.2, 0.25) is 0 Å². The van der Waals surface area contributed by atoms with Crippen molar-refractivity contribution >= 4 is 10.9 Å². The number of hydrogen-bond donors (Lipinski definition) is 2. The van der Waals surface area contributed by atoms with E-state index in [1.807, 2.05) is 4.98 Å². The van der Waals surface area contributed by atoms with Gasteiger partial charge in [0.25, 0.3) is 5.56 Å². The number of aromatic amines is 2. The van der Waals surface area contributed by atoms with Crippen LogP contribution in [0.3, 0.4) is 0 Å². The van der Waals surface area contributed by atoms with Crippen LogP contribution in [0, 0.1) is 5.82 Å². The summed E-state index contributed by atoms with van der Waals surface area (Å²) in [6, 6.07) is 2.28. The number of halogens is 1. The van der Waals surface area contributed by atoms with Crippen molar-refractivity contribution in [2.45, 2.75) is 0 Å². The number of aromatic nitrogens is 2. The molecule has 0 amide bonds. The quantitative estimate of drug-likeness (QED) is 0.713. The van der Waals surface area contributed by atoms with Gasteiger partial charge in [-0.3, -0.25) is 9.78 Å². The number of benzene rings is 1. The van der Waals surface area contributed by atoms with Gasteiger partial charge in [-0.1, -0.05) is 0 Å². The molecule has 0 saturated carbocycles. The van der Waals surface area contributed by atoms with Crippen LogP contribution in [-0.4, -0.2) is 17.1 Å². The fraction of sp³-hybridized carbons (Fsp3) is 0.111. The molecule has 5 nitrogen and oxygen atoms in total. The van der Waals surface area contributed by atoms with Crippen molar-refractivity contribution in [1.82, 2.24) is 9.97 Å². The average molecular weight is 210 g/mol. The Morgan fingerprint density at radius 2 is 2.00 bits per heavy atom. The Hall–Kier alpha value is -2.11. The number of rotatable bonds is 1. The first-order chi connectivity index (χ1) is 7.11. The number of nitrogens with one attached hydrogen (secondary N) is 2. The second-order valence-corrected chi connectivity index (χ2v) is 2.94. The van der Waals surface area contributed by atoms with Crippen LogP contribution in [0.15, 0.2) is 21.7 Å². The van der Waals surface area contributed by atoms with E-state index in [-0.39, 0.29) is 16.7 Å². The molecule has 0 unspecified atom stereocenters. The van der Waals surface area contributed by atoms with Gasteiger partial charge in [0.2, 0.25) is 0 Å². The average Bonchev–Trinajstić information content (AvgIpc) is 2.18. The fourth-order valence-corrected chi connectivity index (χ4v) is 1.33. The van der Waals surface area contributed by atoms with E-state index in [1.165, 1.54) is 13.2 Å². The van der Waals surface area contributed by atoms with E-state index in [1.54, 1.807) is 0 Å². The van der Waals surface area contributed by atoms with E-state index in [2.05, 4.69) is 4.98 Å². The highest BCUT2D eigenvalue weighted by atomic mass is 19.1. The van der Waals surface area contributed by atoms with Gasteiger partial charge in [0.05, 0.1) is 18.0 Å². The normalized spacial score (nSPS) is 10.5. The van der Waals surface area contributed by atoms with Crippen LogP contribution in [0.4, 0.5) is 4.39 Å². The SMILES string of the molecule is COc1cc2[nH]c(=O)[nH]c(=O)c2cc1F. The molecule has 0 aliphatic heterocycles. The Morgan fingerprint density at radius 3 is 2.67 bits per heavy atom. The van der Waals surface area contributed by atoms with Crippen LogP contribution < -0.4 is 16.0 Å². The molecular formula is C9H7FN2O3. The van der Waals surface area contributed by atoms with Gasteiger partial charge in [-0.2, -0.15) is 0 Å². The molecule has 0 spiro atoms. The lowest BCUT2D eigenvalue weighted by Gasteiger charge is -2.02. The van der Waals surface area contributed by atoms with Crippen molar-refractivity contribution in [2.24, 2.45) is 0 Å². The third kappa shape index (κ3) is 1.50. The number of methoxy groups -OCH3 is 1. The molecule has 6 heteroatoms. The summed E-state index contributed by atoms with van der Waals surface area (Å²) in [5.41, 5.74) is -1.03. The fourth-order valence-electron chi connectivity index (χ4n) is 1.33. The zero-order valence-corrected chi connectivity index (χ0v) is 7.76. The maximum Gasteiger partial charge on any atom is 0.326 e. The highest BCUT2D eigenvalue weighted by Crippen LogP contribution is 2.20. The van der Waals surface area contributed by atoms with Crippen molar-refractivity contribution < 1.29 is 9.13 Å². The number of ether oxygens (including phenoxy) is 1. The minimum Gasteiger partial charge on any atom is -0.494 e. The zero-order valence-electron chi connectivity index (χ0n) is 7.76. The van der Waals surface area contributed by atoms with Crippen LogP contribution in [0.25, 0.3) is 10.9 Å². The summed E-state index contributed by atoms with van der Waals surface area (Å²) < 4.78 is 18.0. The number of fused-ring (bicyclic) bond motifs is 1. The van der Waals surface area contributed by atoms with Crippen LogP contribution >= 0.6 is 0 Å². The largest absolute Gasteiger partial charge is 0.494 e. The second kappa shape index (κ2) is 3.23. The molecule has 78 valence electrons. The molecule has 0 saturated heterocycles. The van der Waals surface area contributed by atoms with E-state index < -0.39 is 17.1 Å². The van der Waals surface area contributed by atoms with Gasteiger partial charge in [-0.05, 0) is 6.07 Å². The summed E-state index contributed by atoms with van der Waals surface area (Å²) in [5, 5.41) is 0.0768. The zero-order chi connectivity index (χ0) is 11.0. The van der Waals surface area contributed by atoms with Crippen molar-refractivity contribution in [1.29, 1.82) is 0 Å². The van der Waals surface area contributed by atoms with E-state index in [0.717, 1.165) is 6.07 Å². The molecule has 0 fully saturated rings.